The van der Waals surface area contributed by atoms with Gasteiger partial charge < -0.3 is 0 Å². The Morgan fingerprint density at radius 3 is 2.43 bits per heavy atom. The Morgan fingerprint density at radius 2 is 1.81 bits per heavy atom. The summed E-state index contributed by atoms with van der Waals surface area (Å²) in [6.07, 6.45) is 0. The van der Waals surface area contributed by atoms with Crippen LogP contribution in [-0.4, -0.2) is 19.8 Å². The summed E-state index contributed by atoms with van der Waals surface area (Å²) >= 11 is 15.1. The molecule has 0 saturated carbocycles. The van der Waals surface area contributed by atoms with Crippen molar-refractivity contribution in [3.8, 4) is 0 Å². The molecule has 2 aromatic rings. The number of benzene rings is 2. The Balaban J connectivity index is 2.26. The minimum Gasteiger partial charge on any atom is -0.207 e. The zero-order valence-electron chi connectivity index (χ0n) is 11.1. The number of hydrogen-bond donors (Lipinski definition) is 0. The second-order valence-electron chi connectivity index (χ2n) is 4.47. The highest BCUT2D eigenvalue weighted by molar-refractivity contribution is 9.10. The summed E-state index contributed by atoms with van der Waals surface area (Å²) in [4.78, 5) is 0.236. The largest absolute Gasteiger partial charge is 0.243 e. The zero-order valence-corrected chi connectivity index (χ0v) is 15.0. The highest BCUT2D eigenvalue weighted by Gasteiger charge is 2.21. The van der Waals surface area contributed by atoms with Crippen molar-refractivity contribution in [2.24, 2.45) is 0 Å². The molecule has 0 unspecified atom stereocenters. The molecule has 7 heteroatoms. The Kier molecular flexibility index (Phi) is 5.33. The van der Waals surface area contributed by atoms with Crippen molar-refractivity contribution < 1.29 is 8.42 Å². The van der Waals surface area contributed by atoms with E-state index < -0.39 is 10.0 Å². The maximum atomic E-state index is 12.5. The number of hydrogen-bond acceptors (Lipinski definition) is 2. The molecule has 0 atom stereocenters. The van der Waals surface area contributed by atoms with Crippen molar-refractivity contribution in [1.29, 1.82) is 0 Å². The van der Waals surface area contributed by atoms with E-state index in [0.717, 1.165) is 5.56 Å². The number of rotatable bonds is 4. The van der Waals surface area contributed by atoms with Crippen LogP contribution in [0.5, 0.6) is 0 Å². The fourth-order valence-corrected chi connectivity index (χ4v) is 3.86. The van der Waals surface area contributed by atoms with E-state index in [2.05, 4.69) is 15.9 Å². The van der Waals surface area contributed by atoms with Gasteiger partial charge in [-0.3, -0.25) is 0 Å². The first-order valence-corrected chi connectivity index (χ1v) is 8.95. The molecule has 0 spiro atoms. The summed E-state index contributed by atoms with van der Waals surface area (Å²) in [5, 5.41) is 0.848. The van der Waals surface area contributed by atoms with Gasteiger partial charge in [-0.25, -0.2) is 8.42 Å². The van der Waals surface area contributed by atoms with Gasteiger partial charge in [0.2, 0.25) is 10.0 Å². The van der Waals surface area contributed by atoms with Gasteiger partial charge in [0.25, 0.3) is 0 Å². The van der Waals surface area contributed by atoms with Gasteiger partial charge in [-0.2, -0.15) is 4.31 Å². The molecule has 0 aliphatic carbocycles. The third kappa shape index (κ3) is 3.99. The zero-order chi connectivity index (χ0) is 15.6. The summed E-state index contributed by atoms with van der Waals surface area (Å²) in [6, 6.07) is 11.7. The fraction of sp³-hybridized carbons (Fsp3) is 0.143. The smallest absolute Gasteiger partial charge is 0.207 e. The topological polar surface area (TPSA) is 37.4 Å². The fourth-order valence-electron chi connectivity index (χ4n) is 1.79. The summed E-state index contributed by atoms with van der Waals surface area (Å²) in [6.45, 7) is 0.214. The first-order chi connectivity index (χ1) is 9.80. The summed E-state index contributed by atoms with van der Waals surface area (Å²) in [5.41, 5.74) is 0.769. The van der Waals surface area contributed by atoms with Gasteiger partial charge in [0.1, 0.15) is 0 Å². The predicted molar refractivity (Wildman–Crippen MR) is 89.3 cm³/mol. The van der Waals surface area contributed by atoms with Crippen LogP contribution >= 0.6 is 39.1 Å². The Labute approximate surface area is 142 Å². The van der Waals surface area contributed by atoms with E-state index >= 15 is 0 Å². The predicted octanol–water partition coefficient (Wildman–Crippen LogP) is 4.58. The molecule has 0 amide bonds. The van der Waals surface area contributed by atoms with Crippen LogP contribution in [0.4, 0.5) is 0 Å². The van der Waals surface area contributed by atoms with E-state index in [1.54, 1.807) is 42.5 Å². The lowest BCUT2D eigenvalue weighted by Crippen LogP contribution is -2.26. The van der Waals surface area contributed by atoms with Gasteiger partial charge in [0, 0.05) is 18.1 Å². The highest BCUT2D eigenvalue weighted by atomic mass is 79.9. The maximum absolute atomic E-state index is 12.5. The van der Waals surface area contributed by atoms with Crippen molar-refractivity contribution >= 4 is 49.2 Å². The second-order valence-corrected chi connectivity index (χ2v) is 8.24. The third-order valence-corrected chi connectivity index (χ3v) is 5.93. The summed E-state index contributed by atoms with van der Waals surface area (Å²) in [5.74, 6) is 0. The van der Waals surface area contributed by atoms with Crippen molar-refractivity contribution in [2.75, 3.05) is 7.05 Å². The highest BCUT2D eigenvalue weighted by Crippen LogP contribution is 2.25. The van der Waals surface area contributed by atoms with Crippen LogP contribution in [0.1, 0.15) is 5.56 Å². The SMILES string of the molecule is CN(Cc1ccc(Cl)c(Cl)c1)S(=O)(=O)c1cccc(Br)c1. The van der Waals surface area contributed by atoms with Gasteiger partial charge in [-0.1, -0.05) is 51.3 Å². The summed E-state index contributed by atoms with van der Waals surface area (Å²) in [7, 11) is -2.03. The van der Waals surface area contributed by atoms with Crippen LogP contribution in [0, 0.1) is 0 Å². The van der Waals surface area contributed by atoms with E-state index in [9.17, 15) is 8.42 Å². The molecule has 0 bridgehead atoms. The van der Waals surface area contributed by atoms with Crippen LogP contribution in [0.25, 0.3) is 0 Å². The molecule has 0 saturated heterocycles. The molecule has 2 rings (SSSR count). The lowest BCUT2D eigenvalue weighted by atomic mass is 10.2. The molecular weight excluding hydrogens is 397 g/mol. The molecule has 0 aliphatic heterocycles. The van der Waals surface area contributed by atoms with Gasteiger partial charge in [-0.15, -0.1) is 0 Å². The van der Waals surface area contributed by atoms with Crippen LogP contribution < -0.4 is 0 Å². The Morgan fingerprint density at radius 1 is 1.10 bits per heavy atom. The van der Waals surface area contributed by atoms with Crippen LogP contribution in [-0.2, 0) is 16.6 Å². The van der Waals surface area contributed by atoms with Gasteiger partial charge in [0.05, 0.1) is 14.9 Å². The van der Waals surface area contributed by atoms with Crippen LogP contribution in [0.3, 0.4) is 0 Å². The van der Waals surface area contributed by atoms with Crippen LogP contribution in [0.2, 0.25) is 10.0 Å². The van der Waals surface area contributed by atoms with Crippen molar-refractivity contribution in [2.45, 2.75) is 11.4 Å². The minimum atomic E-state index is -3.56. The average molecular weight is 409 g/mol. The molecule has 0 aromatic heterocycles. The van der Waals surface area contributed by atoms with E-state index in [4.69, 9.17) is 23.2 Å². The maximum Gasteiger partial charge on any atom is 0.243 e. The molecule has 0 aliphatic rings. The van der Waals surface area contributed by atoms with Crippen molar-refractivity contribution in [3.63, 3.8) is 0 Å². The van der Waals surface area contributed by atoms with Crippen molar-refractivity contribution in [1.82, 2.24) is 4.31 Å². The number of nitrogens with zero attached hydrogens (tertiary/aromatic N) is 1. The van der Waals surface area contributed by atoms with Gasteiger partial charge in [0.15, 0.2) is 0 Å². The standard InChI is InChI=1S/C14H12BrCl2NO2S/c1-18(9-10-5-6-13(16)14(17)7-10)21(19,20)12-4-2-3-11(15)8-12/h2-8H,9H2,1H3. The molecule has 0 N–H and O–H groups in total. The molecule has 21 heavy (non-hydrogen) atoms. The molecule has 112 valence electrons. The molecule has 0 heterocycles. The summed E-state index contributed by atoms with van der Waals surface area (Å²) < 4.78 is 27.0. The molecule has 3 nitrogen and oxygen atoms in total. The van der Waals surface area contributed by atoms with E-state index in [0.29, 0.717) is 14.5 Å². The Bertz CT molecular complexity index is 765. The first kappa shape index (κ1) is 16.8. The molecular formula is C14H12BrCl2NO2S. The van der Waals surface area contributed by atoms with Gasteiger partial charge in [-0.05, 0) is 35.9 Å². The average Bonchev–Trinajstić information content (AvgIpc) is 2.43. The third-order valence-electron chi connectivity index (χ3n) is 2.89. The van der Waals surface area contributed by atoms with E-state index in [-0.39, 0.29) is 11.4 Å². The molecule has 0 radical (unpaired) electrons. The van der Waals surface area contributed by atoms with E-state index in [1.165, 1.54) is 11.4 Å². The van der Waals surface area contributed by atoms with Gasteiger partial charge >= 0.3 is 0 Å². The quantitative estimate of drug-likeness (QED) is 0.742. The van der Waals surface area contributed by atoms with E-state index in [1.807, 2.05) is 0 Å². The van der Waals surface area contributed by atoms with Crippen molar-refractivity contribution in [3.05, 3.63) is 62.5 Å². The minimum absolute atomic E-state index is 0.214. The lowest BCUT2D eigenvalue weighted by Gasteiger charge is -2.17. The number of halogens is 3. The Hall–Kier alpha value is -0.590. The normalized spacial score (nSPS) is 11.9. The second kappa shape index (κ2) is 6.67. The first-order valence-electron chi connectivity index (χ1n) is 5.96. The molecule has 2 aromatic carbocycles. The number of sulfonamides is 1. The van der Waals surface area contributed by atoms with Crippen LogP contribution in [0.15, 0.2) is 51.8 Å². The monoisotopic (exact) mass is 407 g/mol. The molecule has 0 fully saturated rings. The lowest BCUT2D eigenvalue weighted by molar-refractivity contribution is 0.466.